The van der Waals surface area contributed by atoms with Crippen LogP contribution in [-0.4, -0.2) is 21.9 Å². The van der Waals surface area contributed by atoms with E-state index in [-0.39, 0.29) is 11.9 Å². The summed E-state index contributed by atoms with van der Waals surface area (Å²) in [5.41, 5.74) is 4.10. The van der Waals surface area contributed by atoms with Gasteiger partial charge in [0, 0.05) is 34.9 Å². The van der Waals surface area contributed by atoms with Crippen LogP contribution >= 0.6 is 11.3 Å². The number of carbonyl (C=O) groups is 1. The van der Waals surface area contributed by atoms with E-state index >= 15 is 0 Å². The number of nitrogens with zero attached hydrogens (tertiary/aromatic N) is 2. The topological polar surface area (TPSA) is 54.9 Å². The zero-order valence-corrected chi connectivity index (χ0v) is 15.9. The molecule has 0 bridgehead atoms. The Hall–Kier alpha value is -2.53. The van der Waals surface area contributed by atoms with Crippen LogP contribution in [0.3, 0.4) is 0 Å². The van der Waals surface area contributed by atoms with Gasteiger partial charge in [0.25, 0.3) is 0 Å². The second kappa shape index (κ2) is 8.72. The van der Waals surface area contributed by atoms with Crippen LogP contribution in [0.4, 0.5) is 0 Å². The van der Waals surface area contributed by atoms with Crippen LogP contribution < -0.4 is 5.32 Å². The summed E-state index contributed by atoms with van der Waals surface area (Å²) in [7, 11) is 0. The number of pyridine rings is 1. The summed E-state index contributed by atoms with van der Waals surface area (Å²) in [4.78, 5) is 20.8. The summed E-state index contributed by atoms with van der Waals surface area (Å²) >= 11 is 1.62. The zero-order valence-electron chi connectivity index (χ0n) is 15.1. The first-order valence-electron chi connectivity index (χ1n) is 8.90. The van der Waals surface area contributed by atoms with Gasteiger partial charge in [0.1, 0.15) is 5.01 Å². The molecule has 1 N–H and O–H groups in total. The van der Waals surface area contributed by atoms with Crippen LogP contribution in [0, 0.1) is 0 Å². The van der Waals surface area contributed by atoms with Crippen molar-refractivity contribution in [2.24, 2.45) is 0 Å². The van der Waals surface area contributed by atoms with Crippen LogP contribution in [0.5, 0.6) is 0 Å². The highest BCUT2D eigenvalue weighted by molar-refractivity contribution is 7.13. The van der Waals surface area contributed by atoms with Crippen molar-refractivity contribution in [3.05, 3.63) is 59.7 Å². The Morgan fingerprint density at radius 1 is 1.12 bits per heavy atom. The Balaban J connectivity index is 1.65. The molecule has 0 aliphatic heterocycles. The third-order valence-electron chi connectivity index (χ3n) is 4.17. The van der Waals surface area contributed by atoms with Gasteiger partial charge in [-0.2, -0.15) is 0 Å². The largest absolute Gasteiger partial charge is 0.353 e. The molecule has 1 atom stereocenters. The lowest BCUT2D eigenvalue weighted by atomic mass is 10.1. The number of hydrogen-bond donors (Lipinski definition) is 1. The van der Waals surface area contributed by atoms with Gasteiger partial charge in [-0.05, 0) is 31.0 Å². The van der Waals surface area contributed by atoms with Crippen LogP contribution in [0.1, 0.15) is 32.3 Å². The van der Waals surface area contributed by atoms with Gasteiger partial charge >= 0.3 is 0 Å². The molecule has 3 rings (SSSR count). The summed E-state index contributed by atoms with van der Waals surface area (Å²) in [5, 5.41) is 6.08. The van der Waals surface area contributed by atoms with Crippen molar-refractivity contribution in [1.82, 2.24) is 15.3 Å². The van der Waals surface area contributed by atoms with Gasteiger partial charge in [0.15, 0.2) is 0 Å². The molecule has 4 nitrogen and oxygen atoms in total. The number of rotatable bonds is 7. The fourth-order valence-electron chi connectivity index (χ4n) is 2.84. The Morgan fingerprint density at radius 2 is 1.85 bits per heavy atom. The van der Waals surface area contributed by atoms with Gasteiger partial charge < -0.3 is 5.32 Å². The Kier molecular flexibility index (Phi) is 6.12. The molecule has 134 valence electrons. The maximum Gasteiger partial charge on any atom is 0.224 e. The maximum absolute atomic E-state index is 12.1. The van der Waals surface area contributed by atoms with Gasteiger partial charge in [0.2, 0.25) is 5.91 Å². The third-order valence-corrected chi connectivity index (χ3v) is 5.07. The van der Waals surface area contributed by atoms with Crippen molar-refractivity contribution < 1.29 is 4.79 Å². The minimum absolute atomic E-state index is 0.0762. The molecule has 2 aromatic heterocycles. The Labute approximate surface area is 158 Å². The molecule has 0 fully saturated rings. The van der Waals surface area contributed by atoms with E-state index in [9.17, 15) is 4.79 Å². The van der Waals surface area contributed by atoms with Gasteiger partial charge in [-0.3, -0.25) is 9.78 Å². The molecule has 5 heteroatoms. The second-order valence-electron chi connectivity index (χ2n) is 6.40. The van der Waals surface area contributed by atoms with Crippen molar-refractivity contribution in [2.75, 3.05) is 0 Å². The maximum atomic E-state index is 12.1. The highest BCUT2D eigenvalue weighted by Gasteiger charge is 2.09. The molecule has 0 saturated heterocycles. The van der Waals surface area contributed by atoms with Gasteiger partial charge in [-0.1, -0.05) is 37.6 Å². The van der Waals surface area contributed by atoms with E-state index in [1.807, 2.05) is 43.3 Å². The van der Waals surface area contributed by atoms with Crippen molar-refractivity contribution >= 4 is 17.2 Å². The molecule has 3 aromatic rings. The molecule has 1 amide bonds. The minimum Gasteiger partial charge on any atom is -0.353 e. The van der Waals surface area contributed by atoms with Crippen LogP contribution in [-0.2, 0) is 11.2 Å². The number of carbonyl (C=O) groups excluding carboxylic acids is 1. The lowest BCUT2D eigenvalue weighted by molar-refractivity contribution is -0.121. The predicted molar refractivity (Wildman–Crippen MR) is 107 cm³/mol. The molecular formula is C21H23N3OS. The average molecular weight is 366 g/mol. The standard InChI is InChI=1S/C21H23N3OS/c1-3-4-15(2)23-20(25)13-16-5-7-17(8-6-16)19-14-26-21(24-19)18-9-11-22-12-10-18/h5-12,14-15H,3-4,13H2,1-2H3,(H,23,25)/t15-/m1/s1. The van der Waals surface area contributed by atoms with Crippen molar-refractivity contribution in [2.45, 2.75) is 39.2 Å². The SMILES string of the molecule is CCC[C@@H](C)NC(=O)Cc1ccc(-c2csc(-c3ccncc3)n2)cc1. The molecular weight excluding hydrogens is 342 g/mol. The summed E-state index contributed by atoms with van der Waals surface area (Å²) in [6.07, 6.45) is 6.04. The first-order chi connectivity index (χ1) is 12.7. The first-order valence-corrected chi connectivity index (χ1v) is 9.78. The van der Waals surface area contributed by atoms with E-state index in [1.54, 1.807) is 23.7 Å². The average Bonchev–Trinajstić information content (AvgIpc) is 3.13. The molecule has 0 aliphatic carbocycles. The van der Waals surface area contributed by atoms with E-state index in [0.717, 1.165) is 40.2 Å². The minimum atomic E-state index is 0.0762. The smallest absolute Gasteiger partial charge is 0.224 e. The quantitative estimate of drug-likeness (QED) is 0.659. The first kappa shape index (κ1) is 18.3. The number of hydrogen-bond acceptors (Lipinski definition) is 4. The number of aromatic nitrogens is 2. The van der Waals surface area contributed by atoms with E-state index < -0.39 is 0 Å². The third kappa shape index (κ3) is 4.76. The van der Waals surface area contributed by atoms with Gasteiger partial charge in [-0.15, -0.1) is 11.3 Å². The second-order valence-corrected chi connectivity index (χ2v) is 7.26. The highest BCUT2D eigenvalue weighted by atomic mass is 32.1. The Morgan fingerprint density at radius 3 is 2.54 bits per heavy atom. The lowest BCUT2D eigenvalue weighted by Crippen LogP contribution is -2.33. The van der Waals surface area contributed by atoms with Crippen molar-refractivity contribution in [1.29, 1.82) is 0 Å². The molecule has 0 unspecified atom stereocenters. The van der Waals surface area contributed by atoms with Gasteiger partial charge in [-0.25, -0.2) is 4.98 Å². The highest BCUT2D eigenvalue weighted by Crippen LogP contribution is 2.28. The Bertz CT molecular complexity index is 843. The number of thiazole rings is 1. The van der Waals surface area contributed by atoms with Crippen molar-refractivity contribution in [3.63, 3.8) is 0 Å². The molecule has 0 spiro atoms. The van der Waals surface area contributed by atoms with Gasteiger partial charge in [0.05, 0.1) is 12.1 Å². The summed E-state index contributed by atoms with van der Waals surface area (Å²) in [5.74, 6) is 0.0762. The molecule has 26 heavy (non-hydrogen) atoms. The van der Waals surface area contributed by atoms with Crippen molar-refractivity contribution in [3.8, 4) is 21.8 Å². The molecule has 0 radical (unpaired) electrons. The number of nitrogens with one attached hydrogen (secondary N) is 1. The summed E-state index contributed by atoms with van der Waals surface area (Å²) in [6.45, 7) is 4.17. The molecule has 1 aromatic carbocycles. The van der Waals surface area contributed by atoms with Crippen LogP contribution in [0.15, 0.2) is 54.2 Å². The summed E-state index contributed by atoms with van der Waals surface area (Å²) < 4.78 is 0. The summed E-state index contributed by atoms with van der Waals surface area (Å²) in [6, 6.07) is 12.2. The fourth-order valence-corrected chi connectivity index (χ4v) is 3.68. The van der Waals surface area contributed by atoms with E-state index in [0.29, 0.717) is 6.42 Å². The van der Waals surface area contributed by atoms with Crippen LogP contribution in [0.25, 0.3) is 21.8 Å². The van der Waals surface area contributed by atoms with E-state index in [1.165, 1.54) is 0 Å². The molecule has 0 saturated carbocycles. The molecule has 2 heterocycles. The zero-order chi connectivity index (χ0) is 18.4. The number of benzene rings is 1. The number of amides is 1. The van der Waals surface area contributed by atoms with E-state index in [4.69, 9.17) is 4.98 Å². The monoisotopic (exact) mass is 365 g/mol. The van der Waals surface area contributed by atoms with E-state index in [2.05, 4.69) is 22.6 Å². The fraction of sp³-hybridized carbons (Fsp3) is 0.286. The lowest BCUT2D eigenvalue weighted by Gasteiger charge is -2.12. The van der Waals surface area contributed by atoms with Crippen LogP contribution in [0.2, 0.25) is 0 Å². The normalized spacial score (nSPS) is 11.9. The predicted octanol–water partition coefficient (Wildman–Crippen LogP) is 4.72. The molecule has 0 aliphatic rings.